The summed E-state index contributed by atoms with van der Waals surface area (Å²) in [6.07, 6.45) is 14.9. The smallest absolute Gasteiger partial charge is 0.247 e. The first-order chi connectivity index (χ1) is 9.24. The van der Waals surface area contributed by atoms with Crippen LogP contribution >= 0.6 is 0 Å². The van der Waals surface area contributed by atoms with Crippen molar-refractivity contribution < 1.29 is 4.57 Å². The van der Waals surface area contributed by atoms with Crippen molar-refractivity contribution in [3.05, 3.63) is 18.2 Å². The van der Waals surface area contributed by atoms with E-state index in [0.717, 1.165) is 0 Å². The van der Waals surface area contributed by atoms with Crippen LogP contribution in [0, 0.1) is 0 Å². The molecular weight excluding hydrogens is 232 g/mol. The Morgan fingerprint density at radius 3 is 2.47 bits per heavy atom. The molecule has 2 atom stereocenters. The highest BCUT2D eigenvalue weighted by atomic mass is 15.1. The molecule has 110 valence electrons. The van der Waals surface area contributed by atoms with Crippen LogP contribution in [0.25, 0.3) is 0 Å². The first-order valence-electron chi connectivity index (χ1n) is 8.32. The molecule has 1 aromatic rings. The number of hydrogen-bond acceptors (Lipinski definition) is 0. The van der Waals surface area contributed by atoms with Crippen LogP contribution in [-0.4, -0.2) is 4.98 Å². The van der Waals surface area contributed by atoms with Crippen LogP contribution in [0.15, 0.2) is 12.4 Å². The molecule has 0 aliphatic carbocycles. The van der Waals surface area contributed by atoms with E-state index in [1.165, 1.54) is 57.2 Å². The van der Waals surface area contributed by atoms with Crippen molar-refractivity contribution in [3.8, 4) is 0 Å². The van der Waals surface area contributed by atoms with Gasteiger partial charge in [-0.2, -0.15) is 0 Å². The summed E-state index contributed by atoms with van der Waals surface area (Å²) in [5, 5.41) is 0. The number of aromatic amines is 1. The molecule has 1 N–H and O–H groups in total. The van der Waals surface area contributed by atoms with E-state index < -0.39 is 0 Å². The highest BCUT2D eigenvalue weighted by Crippen LogP contribution is 2.22. The van der Waals surface area contributed by atoms with Gasteiger partial charge in [0, 0.05) is 0 Å². The van der Waals surface area contributed by atoms with Crippen LogP contribution in [0.5, 0.6) is 0 Å². The van der Waals surface area contributed by atoms with Crippen LogP contribution in [0.3, 0.4) is 0 Å². The zero-order valence-corrected chi connectivity index (χ0v) is 13.4. The normalized spacial score (nSPS) is 14.5. The lowest BCUT2D eigenvalue weighted by Crippen LogP contribution is -2.41. The van der Waals surface area contributed by atoms with Crippen LogP contribution in [-0.2, 0) is 0 Å². The van der Waals surface area contributed by atoms with Gasteiger partial charge in [0.05, 0.1) is 12.0 Å². The molecule has 2 unspecified atom stereocenters. The largest absolute Gasteiger partial charge is 0.257 e. The van der Waals surface area contributed by atoms with Crippen molar-refractivity contribution in [2.45, 2.75) is 91.0 Å². The SMILES string of the molecule is CCCCCCC(C)[n+]1cc[nH]c1C(CC)CCC. The summed E-state index contributed by atoms with van der Waals surface area (Å²) >= 11 is 0. The summed E-state index contributed by atoms with van der Waals surface area (Å²) in [4.78, 5) is 3.49. The van der Waals surface area contributed by atoms with E-state index in [1.54, 1.807) is 0 Å². The molecular formula is C17H33N2+. The molecule has 0 spiro atoms. The minimum Gasteiger partial charge on any atom is -0.247 e. The third kappa shape index (κ3) is 5.00. The second kappa shape index (κ2) is 9.17. The van der Waals surface area contributed by atoms with E-state index in [1.807, 2.05) is 0 Å². The third-order valence-corrected chi connectivity index (χ3v) is 4.21. The summed E-state index contributed by atoms with van der Waals surface area (Å²) in [6.45, 7) is 9.22. The Hall–Kier alpha value is -0.790. The topological polar surface area (TPSA) is 19.7 Å². The molecule has 0 aromatic carbocycles. The molecule has 1 heterocycles. The van der Waals surface area contributed by atoms with Gasteiger partial charge in [0.15, 0.2) is 0 Å². The number of H-pyrrole nitrogens is 1. The fourth-order valence-corrected chi connectivity index (χ4v) is 2.96. The van der Waals surface area contributed by atoms with Gasteiger partial charge in [0.1, 0.15) is 12.4 Å². The quantitative estimate of drug-likeness (QED) is 0.447. The molecule has 0 saturated carbocycles. The van der Waals surface area contributed by atoms with Crippen LogP contribution in [0.1, 0.15) is 96.8 Å². The molecule has 1 aromatic heterocycles. The van der Waals surface area contributed by atoms with E-state index in [9.17, 15) is 0 Å². The van der Waals surface area contributed by atoms with Crippen molar-refractivity contribution >= 4 is 0 Å². The molecule has 0 saturated heterocycles. The average Bonchev–Trinajstić information content (AvgIpc) is 2.90. The highest BCUT2D eigenvalue weighted by molar-refractivity contribution is 4.89. The fourth-order valence-electron chi connectivity index (χ4n) is 2.96. The van der Waals surface area contributed by atoms with Gasteiger partial charge >= 0.3 is 0 Å². The Morgan fingerprint density at radius 1 is 1.05 bits per heavy atom. The number of rotatable bonds is 10. The maximum absolute atomic E-state index is 3.49. The van der Waals surface area contributed by atoms with E-state index in [4.69, 9.17) is 0 Å². The van der Waals surface area contributed by atoms with Gasteiger partial charge < -0.3 is 0 Å². The van der Waals surface area contributed by atoms with Gasteiger partial charge in [-0.05, 0) is 32.6 Å². The third-order valence-electron chi connectivity index (χ3n) is 4.21. The van der Waals surface area contributed by atoms with Crippen molar-refractivity contribution in [1.82, 2.24) is 4.98 Å². The lowest BCUT2D eigenvalue weighted by Gasteiger charge is -2.15. The number of nitrogens with one attached hydrogen (secondary N) is 1. The van der Waals surface area contributed by atoms with Gasteiger partial charge in [-0.15, -0.1) is 0 Å². The Morgan fingerprint density at radius 2 is 1.84 bits per heavy atom. The van der Waals surface area contributed by atoms with Gasteiger partial charge in [-0.1, -0.05) is 46.5 Å². The summed E-state index contributed by atoms with van der Waals surface area (Å²) < 4.78 is 2.48. The molecule has 0 aliphatic rings. The zero-order valence-electron chi connectivity index (χ0n) is 13.4. The Kier molecular flexibility index (Phi) is 7.85. The predicted molar refractivity (Wildman–Crippen MR) is 82.4 cm³/mol. The minimum absolute atomic E-state index is 0.629. The van der Waals surface area contributed by atoms with E-state index >= 15 is 0 Å². The zero-order chi connectivity index (χ0) is 14.1. The van der Waals surface area contributed by atoms with Gasteiger partial charge in [-0.25, -0.2) is 9.55 Å². The standard InChI is InChI=1S/C17H32N2/c1-5-8-9-10-12-15(4)19-14-13-18-17(19)16(7-3)11-6-2/h13-16H,5-12H2,1-4H3/p+1. The Balaban J connectivity index is 2.59. The van der Waals surface area contributed by atoms with Crippen LogP contribution < -0.4 is 4.57 Å². The first-order valence-corrected chi connectivity index (χ1v) is 8.32. The number of aromatic nitrogens is 2. The lowest BCUT2D eigenvalue weighted by molar-refractivity contribution is -0.727. The lowest BCUT2D eigenvalue weighted by atomic mass is 9.99. The minimum atomic E-state index is 0.629. The number of nitrogens with zero attached hydrogens (tertiary/aromatic N) is 1. The second-order valence-electron chi connectivity index (χ2n) is 5.84. The van der Waals surface area contributed by atoms with Gasteiger partial charge in [0.2, 0.25) is 0 Å². The Bertz CT molecular complexity index is 330. The molecule has 0 aliphatic heterocycles. The summed E-state index contributed by atoms with van der Waals surface area (Å²) in [5.74, 6) is 2.13. The van der Waals surface area contributed by atoms with Crippen molar-refractivity contribution in [2.24, 2.45) is 0 Å². The summed E-state index contributed by atoms with van der Waals surface area (Å²) in [5.41, 5.74) is 0. The monoisotopic (exact) mass is 265 g/mol. The molecule has 1 rings (SSSR count). The van der Waals surface area contributed by atoms with Crippen molar-refractivity contribution in [2.75, 3.05) is 0 Å². The molecule has 0 bridgehead atoms. The fraction of sp³-hybridized carbons (Fsp3) is 0.824. The maximum atomic E-state index is 3.49. The molecule has 19 heavy (non-hydrogen) atoms. The molecule has 0 radical (unpaired) electrons. The second-order valence-corrected chi connectivity index (χ2v) is 5.84. The number of imidazole rings is 1. The Labute approximate surface area is 119 Å². The van der Waals surface area contributed by atoms with E-state index in [2.05, 4.69) is 49.6 Å². The number of unbranched alkanes of at least 4 members (excludes halogenated alkanes) is 3. The van der Waals surface area contributed by atoms with Crippen molar-refractivity contribution in [1.29, 1.82) is 0 Å². The van der Waals surface area contributed by atoms with E-state index in [0.29, 0.717) is 12.0 Å². The molecule has 2 nitrogen and oxygen atoms in total. The predicted octanol–water partition coefficient (Wildman–Crippen LogP) is 5.13. The van der Waals surface area contributed by atoms with Gasteiger partial charge in [-0.3, -0.25) is 0 Å². The highest BCUT2D eigenvalue weighted by Gasteiger charge is 2.23. The molecule has 0 amide bonds. The summed E-state index contributed by atoms with van der Waals surface area (Å²) in [6, 6.07) is 0.629. The molecule has 2 heteroatoms. The van der Waals surface area contributed by atoms with Crippen LogP contribution in [0.2, 0.25) is 0 Å². The first kappa shape index (κ1) is 16.3. The summed E-state index contributed by atoms with van der Waals surface area (Å²) in [7, 11) is 0. The van der Waals surface area contributed by atoms with Crippen LogP contribution in [0.4, 0.5) is 0 Å². The van der Waals surface area contributed by atoms with E-state index in [-0.39, 0.29) is 0 Å². The average molecular weight is 265 g/mol. The number of hydrogen-bond donors (Lipinski definition) is 1. The van der Waals surface area contributed by atoms with Gasteiger partial charge in [0.25, 0.3) is 5.82 Å². The van der Waals surface area contributed by atoms with Crippen molar-refractivity contribution in [3.63, 3.8) is 0 Å². The molecule has 0 fully saturated rings. The maximum Gasteiger partial charge on any atom is 0.257 e.